The number of carbonyl (C=O) groups is 3. The van der Waals surface area contributed by atoms with Crippen molar-refractivity contribution in [2.24, 2.45) is 10.7 Å². The van der Waals surface area contributed by atoms with Crippen LogP contribution in [0.1, 0.15) is 46.5 Å². The summed E-state index contributed by atoms with van der Waals surface area (Å²) in [5, 5.41) is 5.30. The smallest absolute Gasteiger partial charge is 0.410 e. The number of ether oxygens (including phenoxy) is 1. The largest absolute Gasteiger partial charge is 0.444 e. The lowest BCUT2D eigenvalue weighted by molar-refractivity contribution is -0.134. The van der Waals surface area contributed by atoms with E-state index in [0.717, 1.165) is 12.8 Å². The minimum absolute atomic E-state index is 0.0715. The molecule has 27 heavy (non-hydrogen) atoms. The van der Waals surface area contributed by atoms with E-state index >= 15 is 0 Å². The highest BCUT2D eigenvalue weighted by Gasteiger charge is 2.28. The zero-order valence-corrected chi connectivity index (χ0v) is 16.2. The Hall–Kier alpha value is -2.58. The minimum Gasteiger partial charge on any atom is -0.444 e. The molecular weight excluding hydrogens is 350 g/mol. The number of nitrogens with one attached hydrogen (secondary N) is 2. The molecule has 0 radical (unpaired) electrons. The highest BCUT2D eigenvalue weighted by Crippen LogP contribution is 2.17. The number of amides is 3. The summed E-state index contributed by atoms with van der Waals surface area (Å²) in [7, 11) is 0. The van der Waals surface area contributed by atoms with Gasteiger partial charge < -0.3 is 20.7 Å². The Labute approximate surface area is 159 Å². The van der Waals surface area contributed by atoms with E-state index in [2.05, 4.69) is 15.6 Å². The third-order valence-electron chi connectivity index (χ3n) is 4.30. The number of piperidine rings is 2. The molecule has 2 aliphatic rings. The second-order valence-corrected chi connectivity index (χ2v) is 7.75. The molecule has 9 heteroatoms. The summed E-state index contributed by atoms with van der Waals surface area (Å²) < 4.78 is 5.38. The van der Waals surface area contributed by atoms with Gasteiger partial charge in [-0.25, -0.2) is 4.79 Å². The Kier molecular flexibility index (Phi) is 6.81. The fourth-order valence-corrected chi connectivity index (χ4v) is 2.87. The van der Waals surface area contributed by atoms with E-state index in [1.54, 1.807) is 11.1 Å². The van der Waals surface area contributed by atoms with Crippen molar-refractivity contribution in [1.82, 2.24) is 15.5 Å². The van der Waals surface area contributed by atoms with Crippen molar-refractivity contribution in [2.45, 2.75) is 64.1 Å². The van der Waals surface area contributed by atoms with Crippen molar-refractivity contribution in [3.8, 4) is 0 Å². The number of aliphatic imine (C=N–C) groups is 1. The van der Waals surface area contributed by atoms with Crippen LogP contribution in [0.3, 0.4) is 0 Å². The second-order valence-electron chi connectivity index (χ2n) is 7.75. The third kappa shape index (κ3) is 6.58. The number of rotatable bonds is 4. The molecule has 2 heterocycles. The molecule has 2 fully saturated rings. The van der Waals surface area contributed by atoms with Gasteiger partial charge in [0.1, 0.15) is 11.6 Å². The average molecular weight is 379 g/mol. The summed E-state index contributed by atoms with van der Waals surface area (Å²) in [4.78, 5) is 41.3. The van der Waals surface area contributed by atoms with Gasteiger partial charge in [0, 0.05) is 31.9 Å². The van der Waals surface area contributed by atoms with Crippen LogP contribution in [0.2, 0.25) is 0 Å². The molecule has 1 atom stereocenters. The molecule has 0 spiro atoms. The van der Waals surface area contributed by atoms with Crippen molar-refractivity contribution in [2.75, 3.05) is 13.1 Å². The van der Waals surface area contributed by atoms with Gasteiger partial charge in [0.05, 0.1) is 11.7 Å². The number of hydrogen-bond donors (Lipinski definition) is 3. The molecule has 3 amide bonds. The van der Waals surface area contributed by atoms with E-state index in [4.69, 9.17) is 10.5 Å². The molecule has 0 aromatic carbocycles. The first kappa shape index (κ1) is 20.7. The van der Waals surface area contributed by atoms with Crippen LogP contribution in [0.25, 0.3) is 0 Å². The molecule has 0 bridgehead atoms. The maximum absolute atomic E-state index is 12.1. The van der Waals surface area contributed by atoms with Gasteiger partial charge in [-0.15, -0.1) is 0 Å². The molecule has 0 aromatic heterocycles. The molecule has 4 N–H and O–H groups in total. The van der Waals surface area contributed by atoms with Crippen LogP contribution in [0, 0.1) is 0 Å². The van der Waals surface area contributed by atoms with Crippen LogP contribution < -0.4 is 16.4 Å². The van der Waals surface area contributed by atoms with E-state index in [-0.39, 0.29) is 23.9 Å². The lowest BCUT2D eigenvalue weighted by Gasteiger charge is -2.32. The van der Waals surface area contributed by atoms with Gasteiger partial charge in [-0.3, -0.25) is 19.9 Å². The summed E-state index contributed by atoms with van der Waals surface area (Å²) >= 11 is 0. The van der Waals surface area contributed by atoms with Gasteiger partial charge in [-0.2, -0.15) is 0 Å². The van der Waals surface area contributed by atoms with Crippen LogP contribution in [0.5, 0.6) is 0 Å². The van der Waals surface area contributed by atoms with Crippen LogP contribution in [0.15, 0.2) is 16.9 Å². The van der Waals surface area contributed by atoms with Gasteiger partial charge in [-0.1, -0.05) is 0 Å². The molecule has 2 saturated heterocycles. The Morgan fingerprint density at radius 1 is 1.30 bits per heavy atom. The minimum atomic E-state index is -0.505. The number of nitrogens with two attached hydrogens (primary N) is 1. The van der Waals surface area contributed by atoms with Crippen molar-refractivity contribution >= 4 is 24.1 Å². The summed E-state index contributed by atoms with van der Waals surface area (Å²) in [6, 6.07) is -0.430. The maximum atomic E-state index is 12.1. The number of carbonyl (C=O) groups excluding carboxylic acids is 3. The fourth-order valence-electron chi connectivity index (χ4n) is 2.87. The fraction of sp³-hybridized carbons (Fsp3) is 0.667. The lowest BCUT2D eigenvalue weighted by Crippen LogP contribution is -2.50. The molecule has 1 unspecified atom stereocenters. The number of nitrogens with zero attached hydrogens (tertiary/aromatic N) is 2. The highest BCUT2D eigenvalue weighted by molar-refractivity contribution is 6.00. The van der Waals surface area contributed by atoms with Gasteiger partial charge >= 0.3 is 6.09 Å². The molecule has 0 aromatic rings. The predicted octanol–water partition coefficient (Wildman–Crippen LogP) is 0.652. The first-order valence-corrected chi connectivity index (χ1v) is 9.21. The summed E-state index contributed by atoms with van der Waals surface area (Å²) in [6.45, 7) is 6.70. The highest BCUT2D eigenvalue weighted by atomic mass is 16.6. The second kappa shape index (κ2) is 8.88. The Morgan fingerprint density at radius 3 is 2.52 bits per heavy atom. The Bertz CT molecular complexity index is 630. The normalized spacial score (nSPS) is 22.7. The number of hydrogen-bond acceptors (Lipinski definition) is 7. The molecule has 0 aliphatic carbocycles. The van der Waals surface area contributed by atoms with Gasteiger partial charge in [0.15, 0.2) is 0 Å². The van der Waals surface area contributed by atoms with Crippen LogP contribution in [0.4, 0.5) is 4.79 Å². The zero-order valence-electron chi connectivity index (χ0n) is 16.2. The van der Waals surface area contributed by atoms with Crippen molar-refractivity contribution in [3.05, 3.63) is 11.9 Å². The zero-order chi connectivity index (χ0) is 20.0. The van der Waals surface area contributed by atoms with E-state index < -0.39 is 11.6 Å². The van der Waals surface area contributed by atoms with Gasteiger partial charge in [0.2, 0.25) is 11.8 Å². The first-order valence-electron chi connectivity index (χ1n) is 9.21. The molecular formula is C18H29N5O4. The third-order valence-corrected chi connectivity index (χ3v) is 4.30. The first-order chi connectivity index (χ1) is 12.7. The summed E-state index contributed by atoms with van der Waals surface area (Å²) in [5.41, 5.74) is 5.64. The molecule has 0 saturated carbocycles. The summed E-state index contributed by atoms with van der Waals surface area (Å²) in [6.07, 6.45) is 4.83. The number of likely N-dealkylation sites (tertiary alicyclic amines) is 1. The number of imide groups is 1. The standard InChI is InChI=1S/C18H29N5O4/c1-18(2,3)27-17(26)23-8-6-12(7-9-23)20-11-13(10-19)21-14-4-5-15(24)22-16(14)25/h10-12,14,21H,4-9,19H2,1-3H3,(H,22,24,25)/b13-10+,20-11?. The SMILES string of the molecule is CC(C)(C)OC(=O)N1CCC(N=C/C(=C\N)NC2CCC(=O)NC2=O)CC1. The van der Waals surface area contributed by atoms with Gasteiger partial charge in [-0.05, 0) is 40.0 Å². The van der Waals surface area contributed by atoms with Crippen molar-refractivity contribution in [1.29, 1.82) is 0 Å². The Morgan fingerprint density at radius 2 is 1.96 bits per heavy atom. The van der Waals surface area contributed by atoms with E-state index in [9.17, 15) is 14.4 Å². The Balaban J connectivity index is 1.81. The molecule has 9 nitrogen and oxygen atoms in total. The molecule has 2 aliphatic heterocycles. The topological polar surface area (TPSA) is 126 Å². The summed E-state index contributed by atoms with van der Waals surface area (Å²) in [5.74, 6) is -0.619. The van der Waals surface area contributed by atoms with Crippen molar-refractivity contribution in [3.63, 3.8) is 0 Å². The van der Waals surface area contributed by atoms with Crippen molar-refractivity contribution < 1.29 is 19.1 Å². The molecule has 2 rings (SSSR count). The molecule has 150 valence electrons. The monoisotopic (exact) mass is 379 g/mol. The van der Waals surface area contributed by atoms with Crippen LogP contribution in [-0.4, -0.2) is 59.8 Å². The average Bonchev–Trinajstić information content (AvgIpc) is 2.59. The lowest BCUT2D eigenvalue weighted by atomic mass is 10.1. The van der Waals surface area contributed by atoms with Gasteiger partial charge in [0.25, 0.3) is 0 Å². The predicted molar refractivity (Wildman–Crippen MR) is 101 cm³/mol. The quantitative estimate of drug-likeness (QED) is 0.486. The number of allylic oxidation sites excluding steroid dienone is 1. The van der Waals surface area contributed by atoms with Crippen LogP contribution >= 0.6 is 0 Å². The maximum Gasteiger partial charge on any atom is 0.410 e. The van der Waals surface area contributed by atoms with E-state index in [1.165, 1.54) is 6.20 Å². The van der Waals surface area contributed by atoms with E-state index in [0.29, 0.717) is 31.6 Å². The van der Waals surface area contributed by atoms with E-state index in [1.807, 2.05) is 20.8 Å². The van der Waals surface area contributed by atoms with Crippen LogP contribution in [-0.2, 0) is 14.3 Å².